The second kappa shape index (κ2) is 5.93. The number of halogens is 2. The fourth-order valence-electron chi connectivity index (χ4n) is 2.25. The lowest BCUT2D eigenvalue weighted by molar-refractivity contribution is 0.317. The molecule has 0 amide bonds. The van der Waals surface area contributed by atoms with Crippen molar-refractivity contribution in [1.29, 1.82) is 0 Å². The highest BCUT2D eigenvalue weighted by molar-refractivity contribution is 5.95. The molecule has 0 saturated heterocycles. The Bertz CT molecular complexity index is 722. The van der Waals surface area contributed by atoms with Crippen molar-refractivity contribution in [2.24, 2.45) is 10.1 Å². The van der Waals surface area contributed by atoms with Crippen molar-refractivity contribution in [3.05, 3.63) is 70.8 Å². The maximum Gasteiger partial charge on any atom is 0.222 e. The Morgan fingerprint density at radius 3 is 2.45 bits per heavy atom. The van der Waals surface area contributed by atoms with Crippen LogP contribution in [0.4, 0.5) is 8.78 Å². The molecular weight excluding hydrogens is 290 g/mol. The highest BCUT2D eigenvalue weighted by Gasteiger charge is 2.25. The van der Waals surface area contributed by atoms with E-state index in [2.05, 4.69) is 10.1 Å². The Balaban J connectivity index is 1.88. The van der Waals surface area contributed by atoms with Gasteiger partial charge in [-0.3, -0.25) is 0 Å². The SMILES string of the molecule is ON=Cc1ccc(C2COC(c3c(F)cccc3F)=N2)cc1. The first kappa shape index (κ1) is 14.2. The van der Waals surface area contributed by atoms with Crippen LogP contribution in [0.15, 0.2) is 52.6 Å². The molecule has 1 aliphatic heterocycles. The molecule has 0 radical (unpaired) electrons. The van der Waals surface area contributed by atoms with E-state index < -0.39 is 11.6 Å². The van der Waals surface area contributed by atoms with Gasteiger partial charge in [0.25, 0.3) is 0 Å². The molecule has 3 rings (SSSR count). The van der Waals surface area contributed by atoms with Gasteiger partial charge in [-0.2, -0.15) is 0 Å². The van der Waals surface area contributed by atoms with Gasteiger partial charge in [-0.15, -0.1) is 0 Å². The third-order valence-electron chi connectivity index (χ3n) is 3.36. The zero-order chi connectivity index (χ0) is 15.5. The second-order valence-corrected chi connectivity index (χ2v) is 4.77. The van der Waals surface area contributed by atoms with E-state index in [0.717, 1.165) is 11.1 Å². The van der Waals surface area contributed by atoms with Gasteiger partial charge in [-0.25, -0.2) is 13.8 Å². The number of rotatable bonds is 3. The number of hydrogen-bond acceptors (Lipinski definition) is 4. The number of nitrogens with zero attached hydrogens (tertiary/aromatic N) is 2. The van der Waals surface area contributed by atoms with Gasteiger partial charge in [0.2, 0.25) is 5.90 Å². The molecule has 1 N–H and O–H groups in total. The van der Waals surface area contributed by atoms with Gasteiger partial charge in [0.15, 0.2) is 0 Å². The van der Waals surface area contributed by atoms with Crippen molar-refractivity contribution in [2.45, 2.75) is 6.04 Å². The summed E-state index contributed by atoms with van der Waals surface area (Å²) >= 11 is 0. The smallest absolute Gasteiger partial charge is 0.222 e. The van der Waals surface area contributed by atoms with Gasteiger partial charge in [-0.1, -0.05) is 35.5 Å². The van der Waals surface area contributed by atoms with Crippen LogP contribution in [0.25, 0.3) is 0 Å². The summed E-state index contributed by atoms with van der Waals surface area (Å²) in [6.45, 7) is 0.219. The molecule has 6 heteroatoms. The zero-order valence-electron chi connectivity index (χ0n) is 11.4. The summed E-state index contributed by atoms with van der Waals surface area (Å²) in [6, 6.07) is 10.4. The summed E-state index contributed by atoms with van der Waals surface area (Å²) in [5.74, 6) is -1.43. The number of benzene rings is 2. The fraction of sp³-hybridized carbons (Fsp3) is 0.125. The molecule has 2 aromatic carbocycles. The van der Waals surface area contributed by atoms with Crippen LogP contribution in [0.5, 0.6) is 0 Å². The Morgan fingerprint density at radius 1 is 1.14 bits per heavy atom. The molecule has 1 unspecified atom stereocenters. The molecular formula is C16H12F2N2O2. The second-order valence-electron chi connectivity index (χ2n) is 4.77. The van der Waals surface area contributed by atoms with Gasteiger partial charge < -0.3 is 9.94 Å². The number of oxime groups is 1. The normalized spacial score (nSPS) is 17.5. The Morgan fingerprint density at radius 2 is 1.82 bits per heavy atom. The standard InChI is InChI=1S/C16H12F2N2O2/c17-12-2-1-3-13(18)15(12)16-20-14(9-22-16)11-6-4-10(5-7-11)8-19-21/h1-8,14,21H,9H2. The molecule has 112 valence electrons. The fourth-order valence-corrected chi connectivity index (χ4v) is 2.25. The van der Waals surface area contributed by atoms with Crippen LogP contribution in [0, 0.1) is 11.6 Å². The molecule has 1 atom stereocenters. The summed E-state index contributed by atoms with van der Waals surface area (Å²) in [5.41, 5.74) is 1.34. The minimum Gasteiger partial charge on any atom is -0.475 e. The third-order valence-corrected chi connectivity index (χ3v) is 3.36. The molecule has 0 saturated carbocycles. The van der Waals surface area contributed by atoms with Crippen molar-refractivity contribution in [2.75, 3.05) is 6.61 Å². The molecule has 0 spiro atoms. The van der Waals surface area contributed by atoms with Gasteiger partial charge in [0, 0.05) is 0 Å². The quantitative estimate of drug-likeness (QED) is 0.537. The average molecular weight is 302 g/mol. The predicted octanol–water partition coefficient (Wildman–Crippen LogP) is 3.29. The van der Waals surface area contributed by atoms with E-state index in [9.17, 15) is 8.78 Å². The summed E-state index contributed by atoms with van der Waals surface area (Å²) < 4.78 is 32.8. The van der Waals surface area contributed by atoms with E-state index in [1.165, 1.54) is 24.4 Å². The minimum atomic E-state index is -0.700. The summed E-state index contributed by atoms with van der Waals surface area (Å²) in [5, 5.41) is 11.4. The van der Waals surface area contributed by atoms with Crippen LogP contribution >= 0.6 is 0 Å². The maximum atomic E-state index is 13.7. The first-order chi connectivity index (χ1) is 10.7. The van der Waals surface area contributed by atoms with Gasteiger partial charge >= 0.3 is 0 Å². The summed E-state index contributed by atoms with van der Waals surface area (Å²) in [6.07, 6.45) is 1.30. The van der Waals surface area contributed by atoms with Crippen molar-refractivity contribution >= 4 is 12.1 Å². The Hall–Kier alpha value is -2.76. The highest BCUT2D eigenvalue weighted by Crippen LogP contribution is 2.27. The minimum absolute atomic E-state index is 0.0263. The summed E-state index contributed by atoms with van der Waals surface area (Å²) in [4.78, 5) is 4.26. The first-order valence-corrected chi connectivity index (χ1v) is 6.61. The highest BCUT2D eigenvalue weighted by atomic mass is 19.1. The van der Waals surface area contributed by atoms with E-state index in [4.69, 9.17) is 9.94 Å². The van der Waals surface area contributed by atoms with Crippen molar-refractivity contribution < 1.29 is 18.7 Å². The molecule has 0 fully saturated rings. The lowest BCUT2D eigenvalue weighted by atomic mass is 10.1. The van der Waals surface area contributed by atoms with Crippen molar-refractivity contribution in [3.63, 3.8) is 0 Å². The number of ether oxygens (including phenoxy) is 1. The van der Waals surface area contributed by atoms with E-state index in [1.54, 1.807) is 24.3 Å². The van der Waals surface area contributed by atoms with Crippen LogP contribution in [0.3, 0.4) is 0 Å². The molecule has 0 aliphatic carbocycles. The van der Waals surface area contributed by atoms with E-state index >= 15 is 0 Å². The molecule has 2 aromatic rings. The van der Waals surface area contributed by atoms with E-state index in [1.807, 2.05) is 0 Å². The number of aliphatic imine (C=N–C) groups is 1. The first-order valence-electron chi connectivity index (χ1n) is 6.61. The lowest BCUT2D eigenvalue weighted by Gasteiger charge is -2.05. The van der Waals surface area contributed by atoms with Crippen LogP contribution in [0.1, 0.15) is 22.7 Å². The summed E-state index contributed by atoms with van der Waals surface area (Å²) in [7, 11) is 0. The van der Waals surface area contributed by atoms with Crippen molar-refractivity contribution in [3.8, 4) is 0 Å². The molecule has 0 aromatic heterocycles. The largest absolute Gasteiger partial charge is 0.475 e. The van der Waals surface area contributed by atoms with Crippen LogP contribution in [0.2, 0.25) is 0 Å². The zero-order valence-corrected chi connectivity index (χ0v) is 11.4. The third kappa shape index (κ3) is 2.67. The topological polar surface area (TPSA) is 54.2 Å². The monoisotopic (exact) mass is 302 g/mol. The molecule has 0 bridgehead atoms. The number of hydrogen-bond donors (Lipinski definition) is 1. The average Bonchev–Trinajstić information content (AvgIpc) is 2.98. The predicted molar refractivity (Wildman–Crippen MR) is 77.4 cm³/mol. The van der Waals surface area contributed by atoms with E-state index in [0.29, 0.717) is 0 Å². The van der Waals surface area contributed by atoms with E-state index in [-0.39, 0.29) is 24.1 Å². The van der Waals surface area contributed by atoms with Gasteiger partial charge in [-0.05, 0) is 23.3 Å². The Kier molecular flexibility index (Phi) is 3.82. The van der Waals surface area contributed by atoms with Gasteiger partial charge in [0.1, 0.15) is 29.8 Å². The van der Waals surface area contributed by atoms with Crippen molar-refractivity contribution in [1.82, 2.24) is 0 Å². The molecule has 1 aliphatic rings. The maximum absolute atomic E-state index is 13.7. The molecule has 1 heterocycles. The Labute approximate surface area is 125 Å². The van der Waals surface area contributed by atoms with Crippen LogP contribution in [-0.4, -0.2) is 23.9 Å². The van der Waals surface area contributed by atoms with Crippen LogP contribution in [-0.2, 0) is 4.74 Å². The lowest BCUT2D eigenvalue weighted by Crippen LogP contribution is -2.07. The van der Waals surface area contributed by atoms with Crippen LogP contribution < -0.4 is 0 Å². The molecule has 4 nitrogen and oxygen atoms in total. The van der Waals surface area contributed by atoms with Gasteiger partial charge in [0.05, 0.1) is 6.21 Å². The molecule has 22 heavy (non-hydrogen) atoms.